The molecule has 118 valence electrons. The van der Waals surface area contributed by atoms with Crippen molar-refractivity contribution in [2.75, 3.05) is 0 Å². The van der Waals surface area contributed by atoms with E-state index in [4.69, 9.17) is 0 Å². The molecule has 3 aromatic rings. The second-order valence-electron chi connectivity index (χ2n) is 5.79. The molecule has 2 heteroatoms. The molecule has 2 aromatic carbocycles. The molecular formula is C21H23NS. The van der Waals surface area contributed by atoms with E-state index < -0.39 is 0 Å². The lowest BCUT2D eigenvalue weighted by Gasteiger charge is -2.12. The summed E-state index contributed by atoms with van der Waals surface area (Å²) in [5, 5.41) is 1.35. The van der Waals surface area contributed by atoms with Crippen molar-refractivity contribution in [3.8, 4) is 11.1 Å². The number of aromatic nitrogens is 1. The van der Waals surface area contributed by atoms with Gasteiger partial charge in [-0.25, -0.2) is 0 Å². The van der Waals surface area contributed by atoms with Gasteiger partial charge in [0.15, 0.2) is 0 Å². The first-order chi connectivity index (χ1) is 11.3. The fraction of sp³-hybridized carbons (Fsp3) is 0.238. The molecule has 1 aromatic heterocycles. The predicted molar refractivity (Wildman–Crippen MR) is 100 cm³/mol. The van der Waals surface area contributed by atoms with Gasteiger partial charge in [0.05, 0.1) is 5.03 Å². The molecule has 0 saturated heterocycles. The minimum absolute atomic E-state index is 1.09. The van der Waals surface area contributed by atoms with Crippen molar-refractivity contribution in [3.05, 3.63) is 72.4 Å². The van der Waals surface area contributed by atoms with Crippen LogP contribution in [0.25, 0.3) is 11.1 Å². The van der Waals surface area contributed by atoms with Gasteiger partial charge in [0.25, 0.3) is 0 Å². The van der Waals surface area contributed by atoms with Crippen LogP contribution >= 0.6 is 11.8 Å². The molecule has 0 bridgehead atoms. The lowest BCUT2D eigenvalue weighted by Crippen LogP contribution is -2.01. The molecule has 3 rings (SSSR count). The summed E-state index contributed by atoms with van der Waals surface area (Å²) < 4.78 is 2.48. The first-order valence-electron chi connectivity index (χ1n) is 8.28. The predicted octanol–water partition coefficient (Wildman–Crippen LogP) is 6.41. The summed E-state index contributed by atoms with van der Waals surface area (Å²) in [6, 6.07) is 23.7. The quantitative estimate of drug-likeness (QED) is 0.507. The van der Waals surface area contributed by atoms with Gasteiger partial charge in [0.2, 0.25) is 0 Å². The number of benzene rings is 2. The third-order valence-corrected chi connectivity index (χ3v) is 5.17. The Morgan fingerprint density at radius 3 is 2.22 bits per heavy atom. The highest BCUT2D eigenvalue weighted by atomic mass is 32.2. The Morgan fingerprint density at radius 2 is 1.57 bits per heavy atom. The number of nitrogens with zero attached hydrogens (tertiary/aromatic N) is 1. The maximum absolute atomic E-state index is 2.48. The van der Waals surface area contributed by atoms with Gasteiger partial charge in [-0.05, 0) is 37.1 Å². The molecule has 0 amide bonds. The van der Waals surface area contributed by atoms with Gasteiger partial charge in [-0.3, -0.25) is 0 Å². The lowest BCUT2D eigenvalue weighted by atomic mass is 10.1. The molecule has 0 aliphatic rings. The largest absolute Gasteiger partial charge is 0.339 e. The Kier molecular flexibility index (Phi) is 5.24. The van der Waals surface area contributed by atoms with Crippen LogP contribution in [0.1, 0.15) is 25.5 Å². The zero-order valence-corrected chi connectivity index (χ0v) is 14.6. The Morgan fingerprint density at radius 1 is 0.913 bits per heavy atom. The second kappa shape index (κ2) is 7.56. The summed E-state index contributed by atoms with van der Waals surface area (Å²) in [6.07, 6.45) is 2.43. The van der Waals surface area contributed by atoms with Crippen LogP contribution in [0.3, 0.4) is 0 Å². The highest BCUT2D eigenvalue weighted by Crippen LogP contribution is 2.38. The van der Waals surface area contributed by atoms with Crippen LogP contribution in [0.4, 0.5) is 0 Å². The molecule has 23 heavy (non-hydrogen) atoms. The van der Waals surface area contributed by atoms with Crippen molar-refractivity contribution < 1.29 is 0 Å². The number of rotatable bonds is 6. The van der Waals surface area contributed by atoms with Crippen LogP contribution in [0.2, 0.25) is 0 Å². The van der Waals surface area contributed by atoms with Crippen molar-refractivity contribution in [1.29, 1.82) is 0 Å². The molecule has 0 N–H and O–H groups in total. The van der Waals surface area contributed by atoms with Crippen molar-refractivity contribution in [2.45, 2.75) is 43.2 Å². The minimum atomic E-state index is 1.09. The molecule has 0 aliphatic heterocycles. The van der Waals surface area contributed by atoms with E-state index in [-0.39, 0.29) is 0 Å². The minimum Gasteiger partial charge on any atom is -0.339 e. The normalized spacial score (nSPS) is 10.9. The Labute approximate surface area is 143 Å². The van der Waals surface area contributed by atoms with E-state index in [1.165, 1.54) is 39.6 Å². The third kappa shape index (κ3) is 3.70. The first kappa shape index (κ1) is 15.9. The average Bonchev–Trinajstić information content (AvgIpc) is 2.90. The summed E-state index contributed by atoms with van der Waals surface area (Å²) in [5.41, 5.74) is 3.98. The summed E-state index contributed by atoms with van der Waals surface area (Å²) in [7, 11) is 0. The summed E-state index contributed by atoms with van der Waals surface area (Å²) in [4.78, 5) is 1.29. The summed E-state index contributed by atoms with van der Waals surface area (Å²) in [5.74, 6) is 0. The summed E-state index contributed by atoms with van der Waals surface area (Å²) >= 11 is 1.87. The van der Waals surface area contributed by atoms with Crippen LogP contribution in [0, 0.1) is 6.92 Å². The van der Waals surface area contributed by atoms with Crippen molar-refractivity contribution in [3.63, 3.8) is 0 Å². The maximum atomic E-state index is 2.48. The maximum Gasteiger partial charge on any atom is 0.0878 e. The average molecular weight is 321 g/mol. The fourth-order valence-electron chi connectivity index (χ4n) is 2.78. The summed E-state index contributed by atoms with van der Waals surface area (Å²) in [6.45, 7) is 5.56. The van der Waals surface area contributed by atoms with Crippen molar-refractivity contribution in [1.82, 2.24) is 4.57 Å². The lowest BCUT2D eigenvalue weighted by molar-refractivity contribution is 0.586. The highest BCUT2D eigenvalue weighted by Gasteiger charge is 2.15. The van der Waals surface area contributed by atoms with Crippen LogP contribution in [-0.4, -0.2) is 4.57 Å². The SMILES string of the molecule is CCCCn1c(C)cc(-c2ccccc2)c1Sc1ccccc1. The van der Waals surface area contributed by atoms with Gasteiger partial charge < -0.3 is 4.57 Å². The van der Waals surface area contributed by atoms with Crippen molar-refractivity contribution >= 4 is 11.8 Å². The first-order valence-corrected chi connectivity index (χ1v) is 9.09. The molecule has 0 radical (unpaired) electrons. The molecule has 0 aliphatic carbocycles. The van der Waals surface area contributed by atoms with Gasteiger partial charge in [-0.1, -0.05) is 73.6 Å². The molecule has 0 saturated carbocycles. The smallest absolute Gasteiger partial charge is 0.0878 e. The van der Waals surface area contributed by atoms with E-state index in [0.29, 0.717) is 0 Å². The van der Waals surface area contributed by atoms with Crippen LogP contribution in [0.5, 0.6) is 0 Å². The topological polar surface area (TPSA) is 4.93 Å². The molecule has 1 nitrogen and oxygen atoms in total. The third-order valence-electron chi connectivity index (χ3n) is 4.03. The van der Waals surface area contributed by atoms with Gasteiger partial charge in [0, 0.05) is 22.7 Å². The van der Waals surface area contributed by atoms with Crippen LogP contribution in [-0.2, 0) is 6.54 Å². The van der Waals surface area contributed by atoms with Gasteiger partial charge in [-0.15, -0.1) is 0 Å². The highest BCUT2D eigenvalue weighted by molar-refractivity contribution is 7.99. The van der Waals surface area contributed by atoms with Gasteiger partial charge in [-0.2, -0.15) is 0 Å². The van der Waals surface area contributed by atoms with E-state index in [1.807, 2.05) is 11.8 Å². The molecule has 0 fully saturated rings. The zero-order valence-electron chi connectivity index (χ0n) is 13.8. The van der Waals surface area contributed by atoms with Crippen LogP contribution in [0.15, 0.2) is 76.7 Å². The monoisotopic (exact) mass is 321 g/mol. The van der Waals surface area contributed by atoms with Crippen molar-refractivity contribution in [2.24, 2.45) is 0 Å². The molecule has 1 heterocycles. The fourth-order valence-corrected chi connectivity index (χ4v) is 3.93. The Bertz CT molecular complexity index is 744. The zero-order chi connectivity index (χ0) is 16.1. The molecular weight excluding hydrogens is 298 g/mol. The molecule has 0 atom stereocenters. The molecule has 0 unspecified atom stereocenters. The van der Waals surface area contributed by atoms with E-state index in [2.05, 4.69) is 85.1 Å². The number of aryl methyl sites for hydroxylation is 1. The van der Waals surface area contributed by atoms with Gasteiger partial charge >= 0.3 is 0 Å². The van der Waals surface area contributed by atoms with Crippen LogP contribution < -0.4 is 0 Å². The number of hydrogen-bond acceptors (Lipinski definition) is 1. The van der Waals surface area contributed by atoms with Gasteiger partial charge in [0.1, 0.15) is 0 Å². The van der Waals surface area contributed by atoms with E-state index in [0.717, 1.165) is 6.54 Å². The Hall–Kier alpha value is -1.93. The van der Waals surface area contributed by atoms with E-state index in [9.17, 15) is 0 Å². The number of hydrogen-bond donors (Lipinski definition) is 0. The van der Waals surface area contributed by atoms with E-state index in [1.54, 1.807) is 0 Å². The number of unbranched alkanes of at least 4 members (excludes halogenated alkanes) is 1. The standard InChI is InChI=1S/C21H23NS/c1-3-4-15-22-17(2)16-20(18-11-7-5-8-12-18)21(22)23-19-13-9-6-10-14-19/h5-14,16H,3-4,15H2,1-2H3. The molecule has 0 spiro atoms. The Balaban J connectivity index is 2.05. The van der Waals surface area contributed by atoms with E-state index >= 15 is 0 Å². The second-order valence-corrected chi connectivity index (χ2v) is 6.85.